The second-order valence-electron chi connectivity index (χ2n) is 5.25. The van der Waals surface area contributed by atoms with Crippen molar-refractivity contribution in [1.29, 1.82) is 0 Å². The van der Waals surface area contributed by atoms with Gasteiger partial charge in [-0.15, -0.1) is 0 Å². The second-order valence-corrected chi connectivity index (χ2v) is 5.25. The van der Waals surface area contributed by atoms with Crippen molar-refractivity contribution in [3.05, 3.63) is 35.5 Å². The van der Waals surface area contributed by atoms with Crippen LogP contribution in [0.25, 0.3) is 0 Å². The van der Waals surface area contributed by atoms with E-state index in [1.165, 1.54) is 0 Å². The van der Waals surface area contributed by atoms with Gasteiger partial charge in [-0.2, -0.15) is 0 Å². The number of allylic oxidation sites excluding steroid dienone is 1. The minimum atomic E-state index is -0.471. The van der Waals surface area contributed by atoms with Gasteiger partial charge in [-0.25, -0.2) is 4.79 Å². The molecule has 2 aliphatic rings. The highest BCUT2D eigenvalue weighted by Gasteiger charge is 2.32. The lowest BCUT2D eigenvalue weighted by atomic mass is 9.88. The van der Waals surface area contributed by atoms with E-state index in [1.54, 1.807) is 0 Å². The van der Waals surface area contributed by atoms with E-state index in [-0.39, 0.29) is 18.0 Å². The van der Waals surface area contributed by atoms with E-state index in [2.05, 4.69) is 6.58 Å². The molecule has 1 N–H and O–H groups in total. The molecule has 3 atom stereocenters. The zero-order valence-electron chi connectivity index (χ0n) is 11.0. The number of aliphatic hydroxyl groups is 1. The van der Waals surface area contributed by atoms with Crippen LogP contribution < -0.4 is 0 Å². The van der Waals surface area contributed by atoms with Crippen LogP contribution in [0.2, 0.25) is 0 Å². The van der Waals surface area contributed by atoms with Crippen molar-refractivity contribution >= 4 is 5.97 Å². The van der Waals surface area contributed by atoms with Crippen LogP contribution in [0.1, 0.15) is 33.1 Å². The first kappa shape index (κ1) is 13.1. The number of fused-ring (bicyclic) bond motifs is 1. The predicted molar refractivity (Wildman–Crippen MR) is 69.9 cm³/mol. The molecule has 0 spiro atoms. The van der Waals surface area contributed by atoms with Gasteiger partial charge in [0.2, 0.25) is 0 Å². The highest BCUT2D eigenvalue weighted by Crippen LogP contribution is 2.31. The summed E-state index contributed by atoms with van der Waals surface area (Å²) >= 11 is 0. The summed E-state index contributed by atoms with van der Waals surface area (Å²) in [5.41, 5.74) is 2.67. The number of hydrogen-bond acceptors (Lipinski definition) is 3. The van der Waals surface area contributed by atoms with Crippen molar-refractivity contribution in [2.75, 3.05) is 0 Å². The summed E-state index contributed by atoms with van der Waals surface area (Å²) in [7, 11) is 0. The predicted octanol–water partition coefficient (Wildman–Crippen LogP) is 2.52. The maximum atomic E-state index is 11.7. The summed E-state index contributed by atoms with van der Waals surface area (Å²) in [5, 5.41) is 9.97. The molecule has 18 heavy (non-hydrogen) atoms. The summed E-state index contributed by atoms with van der Waals surface area (Å²) in [4.78, 5) is 11.7. The molecule has 3 nitrogen and oxygen atoms in total. The molecule has 2 rings (SSSR count). The average Bonchev–Trinajstić information content (AvgIpc) is 2.66. The first-order valence-electron chi connectivity index (χ1n) is 6.41. The SMILES string of the molecule is C=C(C)C1CC=C(C)C(O)CCC2=CC1OC2=O. The van der Waals surface area contributed by atoms with Crippen LogP contribution in [0.3, 0.4) is 0 Å². The van der Waals surface area contributed by atoms with E-state index < -0.39 is 6.10 Å². The fourth-order valence-electron chi connectivity index (χ4n) is 2.47. The topological polar surface area (TPSA) is 46.5 Å². The molecule has 1 heterocycles. The summed E-state index contributed by atoms with van der Waals surface area (Å²) < 4.78 is 5.40. The first-order chi connectivity index (χ1) is 8.49. The highest BCUT2D eigenvalue weighted by atomic mass is 16.5. The third kappa shape index (κ3) is 2.56. The zero-order valence-corrected chi connectivity index (χ0v) is 11.0. The third-order valence-corrected chi connectivity index (χ3v) is 3.81. The van der Waals surface area contributed by atoms with Crippen molar-refractivity contribution in [2.24, 2.45) is 5.92 Å². The van der Waals surface area contributed by atoms with E-state index in [0.29, 0.717) is 18.4 Å². The second kappa shape index (κ2) is 5.11. The quantitative estimate of drug-likeness (QED) is 0.573. The molecule has 0 saturated carbocycles. The van der Waals surface area contributed by atoms with Crippen LogP contribution in [0.4, 0.5) is 0 Å². The van der Waals surface area contributed by atoms with Gasteiger partial charge in [-0.05, 0) is 44.8 Å². The fraction of sp³-hybridized carbons (Fsp3) is 0.533. The summed E-state index contributed by atoms with van der Waals surface area (Å²) in [6, 6.07) is 0. The number of rotatable bonds is 1. The van der Waals surface area contributed by atoms with Crippen LogP contribution in [-0.2, 0) is 9.53 Å². The number of carbonyl (C=O) groups excluding carboxylic acids is 1. The van der Waals surface area contributed by atoms with Crippen molar-refractivity contribution in [3.8, 4) is 0 Å². The van der Waals surface area contributed by atoms with Gasteiger partial charge in [0.1, 0.15) is 6.10 Å². The third-order valence-electron chi connectivity index (χ3n) is 3.81. The lowest BCUT2D eigenvalue weighted by molar-refractivity contribution is -0.141. The molecule has 1 aliphatic heterocycles. The smallest absolute Gasteiger partial charge is 0.334 e. The summed E-state index contributed by atoms with van der Waals surface area (Å²) in [6.07, 6.45) is 5.18. The minimum Gasteiger partial charge on any atom is -0.454 e. The van der Waals surface area contributed by atoms with Crippen LogP contribution in [0.5, 0.6) is 0 Å². The van der Waals surface area contributed by atoms with Crippen LogP contribution >= 0.6 is 0 Å². The van der Waals surface area contributed by atoms with E-state index >= 15 is 0 Å². The Hall–Kier alpha value is -1.35. The van der Waals surface area contributed by atoms with Crippen molar-refractivity contribution in [1.82, 2.24) is 0 Å². The minimum absolute atomic E-state index is 0.103. The standard InChI is InChI=1S/C15H20O3/c1-9(2)12-6-4-10(3)13(16)7-5-11-8-14(12)18-15(11)17/h4,8,12-14,16H,1,5-7H2,2-3H3. The van der Waals surface area contributed by atoms with Gasteiger partial charge >= 0.3 is 5.97 Å². The molecule has 0 fully saturated rings. The van der Waals surface area contributed by atoms with Gasteiger partial charge in [0.25, 0.3) is 0 Å². The average molecular weight is 248 g/mol. The molecule has 0 aromatic rings. The Morgan fingerprint density at radius 2 is 2.28 bits per heavy atom. The lowest BCUT2D eigenvalue weighted by Gasteiger charge is -2.21. The molecule has 0 amide bonds. The van der Waals surface area contributed by atoms with Gasteiger partial charge in [0.05, 0.1) is 6.10 Å². The summed E-state index contributed by atoms with van der Waals surface area (Å²) in [5.74, 6) is -0.135. The monoisotopic (exact) mass is 248 g/mol. The Morgan fingerprint density at radius 3 is 2.94 bits per heavy atom. The van der Waals surface area contributed by atoms with Crippen LogP contribution in [0.15, 0.2) is 35.5 Å². The molecular weight excluding hydrogens is 228 g/mol. The summed E-state index contributed by atoms with van der Waals surface area (Å²) in [6.45, 7) is 7.86. The van der Waals surface area contributed by atoms with E-state index in [9.17, 15) is 9.90 Å². The van der Waals surface area contributed by atoms with Crippen molar-refractivity contribution in [2.45, 2.75) is 45.3 Å². The van der Waals surface area contributed by atoms with Gasteiger partial charge in [0.15, 0.2) is 0 Å². The van der Waals surface area contributed by atoms with E-state index in [4.69, 9.17) is 4.74 Å². The maximum Gasteiger partial charge on any atom is 0.334 e. The van der Waals surface area contributed by atoms with Gasteiger partial charge in [0, 0.05) is 11.5 Å². The number of ether oxygens (including phenoxy) is 1. The number of aliphatic hydroxyl groups excluding tert-OH is 1. The molecular formula is C15H20O3. The highest BCUT2D eigenvalue weighted by molar-refractivity contribution is 5.91. The molecule has 3 heteroatoms. The lowest BCUT2D eigenvalue weighted by Crippen LogP contribution is -2.21. The Labute approximate surface area is 108 Å². The fourth-order valence-corrected chi connectivity index (χ4v) is 2.47. The van der Waals surface area contributed by atoms with Crippen LogP contribution in [0, 0.1) is 5.92 Å². The van der Waals surface area contributed by atoms with E-state index in [1.807, 2.05) is 26.0 Å². The Morgan fingerprint density at radius 1 is 1.56 bits per heavy atom. The molecule has 2 bridgehead atoms. The van der Waals surface area contributed by atoms with Gasteiger partial charge < -0.3 is 9.84 Å². The number of hydrogen-bond donors (Lipinski definition) is 1. The normalized spacial score (nSPS) is 32.4. The van der Waals surface area contributed by atoms with Crippen molar-refractivity contribution < 1.29 is 14.6 Å². The molecule has 1 aliphatic carbocycles. The molecule has 0 saturated heterocycles. The molecule has 98 valence electrons. The van der Waals surface area contributed by atoms with Crippen molar-refractivity contribution in [3.63, 3.8) is 0 Å². The first-order valence-corrected chi connectivity index (χ1v) is 6.41. The van der Waals surface area contributed by atoms with Gasteiger partial charge in [-0.3, -0.25) is 0 Å². The van der Waals surface area contributed by atoms with E-state index in [0.717, 1.165) is 17.6 Å². The number of esters is 1. The van der Waals surface area contributed by atoms with Gasteiger partial charge in [-0.1, -0.05) is 18.2 Å². The Kier molecular flexibility index (Phi) is 3.71. The molecule has 0 aromatic carbocycles. The largest absolute Gasteiger partial charge is 0.454 e. The molecule has 0 aromatic heterocycles. The Bertz CT molecular complexity index is 431. The molecule has 3 unspecified atom stereocenters. The molecule has 0 radical (unpaired) electrons. The number of carbonyl (C=O) groups is 1. The van der Waals surface area contributed by atoms with Crippen LogP contribution in [-0.4, -0.2) is 23.3 Å². The maximum absolute atomic E-state index is 11.7. The zero-order chi connectivity index (χ0) is 13.3. The Balaban J connectivity index is 2.29.